The Hall–Kier alpha value is -2.13. The van der Waals surface area contributed by atoms with Gasteiger partial charge >= 0.3 is 0 Å². The van der Waals surface area contributed by atoms with Gasteiger partial charge in [-0.05, 0) is 42.2 Å². The molecule has 2 aromatic carbocycles. The molecule has 1 aliphatic heterocycles. The van der Waals surface area contributed by atoms with Gasteiger partial charge in [-0.1, -0.05) is 36.4 Å². The van der Waals surface area contributed by atoms with Gasteiger partial charge in [0.1, 0.15) is 5.78 Å². The number of rotatable bonds is 4. The van der Waals surface area contributed by atoms with Crippen LogP contribution in [-0.2, 0) is 16.1 Å². The summed E-state index contributed by atoms with van der Waals surface area (Å²) in [6.07, 6.45) is 0.640. The Labute approximate surface area is 149 Å². The van der Waals surface area contributed by atoms with Crippen molar-refractivity contribution in [2.45, 2.75) is 38.8 Å². The van der Waals surface area contributed by atoms with Crippen LogP contribution in [0, 0.1) is 19.8 Å². The van der Waals surface area contributed by atoms with E-state index in [-0.39, 0.29) is 12.0 Å². The molecular formula is C22H25NO2. The highest BCUT2D eigenvalue weighted by Crippen LogP contribution is 2.52. The fourth-order valence-electron chi connectivity index (χ4n) is 4.85. The van der Waals surface area contributed by atoms with Crippen molar-refractivity contribution in [3.05, 3.63) is 64.7 Å². The van der Waals surface area contributed by atoms with Gasteiger partial charge in [0.05, 0.1) is 12.5 Å². The maximum absolute atomic E-state index is 12.7. The van der Waals surface area contributed by atoms with Gasteiger partial charge in [0.2, 0.25) is 0 Å². The van der Waals surface area contributed by atoms with Gasteiger partial charge in [0, 0.05) is 37.7 Å². The molecule has 0 aromatic heterocycles. The number of nitrogens with zero attached hydrogens (tertiary/aromatic N) is 1. The van der Waals surface area contributed by atoms with Crippen molar-refractivity contribution in [2.75, 3.05) is 18.6 Å². The second-order valence-corrected chi connectivity index (χ2v) is 7.46. The summed E-state index contributed by atoms with van der Waals surface area (Å²) in [5.41, 5.74) is 6.56. The number of hydrogen-bond acceptors (Lipinski definition) is 3. The third-order valence-corrected chi connectivity index (χ3v) is 5.75. The van der Waals surface area contributed by atoms with E-state index in [9.17, 15) is 4.79 Å². The molecule has 2 aliphatic rings. The van der Waals surface area contributed by atoms with Crippen LogP contribution in [0.4, 0.5) is 5.69 Å². The van der Waals surface area contributed by atoms with E-state index in [4.69, 9.17) is 4.74 Å². The first kappa shape index (κ1) is 16.3. The quantitative estimate of drug-likeness (QED) is 0.845. The zero-order valence-electron chi connectivity index (χ0n) is 15.2. The Morgan fingerprint density at radius 2 is 1.92 bits per heavy atom. The van der Waals surface area contributed by atoms with Gasteiger partial charge in [0.15, 0.2) is 0 Å². The molecule has 0 amide bonds. The van der Waals surface area contributed by atoms with E-state index in [1.807, 2.05) is 6.07 Å². The Bertz CT molecular complexity index is 799. The number of methoxy groups -OCH3 is 1. The topological polar surface area (TPSA) is 29.5 Å². The maximum Gasteiger partial charge on any atom is 0.141 e. The van der Waals surface area contributed by atoms with Crippen LogP contribution in [0.15, 0.2) is 42.5 Å². The standard InChI is InChI=1S/C22H25NO2/c1-14-9-15(2)21-17-11-20(24)18(13-25-3)22(17)23(19(21)10-14)12-16-7-5-4-6-8-16/h4-10,17-18,22H,11-13H2,1-3H3/t17-,18+,22+/m1/s1. The molecule has 1 heterocycles. The van der Waals surface area contributed by atoms with Gasteiger partial charge in [-0.3, -0.25) is 4.79 Å². The summed E-state index contributed by atoms with van der Waals surface area (Å²) in [7, 11) is 1.69. The molecule has 0 bridgehead atoms. The van der Waals surface area contributed by atoms with Gasteiger partial charge < -0.3 is 9.64 Å². The predicted octanol–water partition coefficient (Wildman–Crippen LogP) is 4.01. The Kier molecular flexibility index (Phi) is 4.12. The van der Waals surface area contributed by atoms with Crippen molar-refractivity contribution in [3.63, 3.8) is 0 Å². The number of aryl methyl sites for hydroxylation is 2. The summed E-state index contributed by atoms with van der Waals surface area (Å²) in [6.45, 7) is 5.69. The summed E-state index contributed by atoms with van der Waals surface area (Å²) >= 11 is 0. The van der Waals surface area contributed by atoms with Crippen molar-refractivity contribution < 1.29 is 9.53 Å². The first-order chi connectivity index (χ1) is 12.1. The molecule has 1 aliphatic carbocycles. The smallest absolute Gasteiger partial charge is 0.141 e. The number of ether oxygens (including phenoxy) is 1. The maximum atomic E-state index is 12.7. The molecule has 3 atom stereocenters. The van der Waals surface area contributed by atoms with E-state index in [0.717, 1.165) is 6.54 Å². The fraction of sp³-hybridized carbons (Fsp3) is 0.409. The highest BCUT2D eigenvalue weighted by atomic mass is 16.5. The Balaban J connectivity index is 1.80. The Morgan fingerprint density at radius 1 is 1.16 bits per heavy atom. The van der Waals surface area contributed by atoms with Crippen molar-refractivity contribution in [1.29, 1.82) is 0 Å². The number of carbonyl (C=O) groups is 1. The molecule has 25 heavy (non-hydrogen) atoms. The van der Waals surface area contributed by atoms with Crippen LogP contribution in [0.5, 0.6) is 0 Å². The molecule has 130 valence electrons. The minimum absolute atomic E-state index is 0.0363. The van der Waals surface area contributed by atoms with E-state index in [1.165, 1.54) is 27.9 Å². The molecule has 0 spiro atoms. The second-order valence-electron chi connectivity index (χ2n) is 7.46. The highest BCUT2D eigenvalue weighted by molar-refractivity contribution is 5.89. The third kappa shape index (κ3) is 2.67. The third-order valence-electron chi connectivity index (χ3n) is 5.75. The zero-order chi connectivity index (χ0) is 17.6. The molecule has 2 aromatic rings. The lowest BCUT2D eigenvalue weighted by Gasteiger charge is -2.31. The van der Waals surface area contributed by atoms with Crippen LogP contribution >= 0.6 is 0 Å². The monoisotopic (exact) mass is 335 g/mol. The first-order valence-electron chi connectivity index (χ1n) is 9.03. The van der Waals surface area contributed by atoms with Gasteiger partial charge in [0.25, 0.3) is 0 Å². The molecular weight excluding hydrogens is 310 g/mol. The molecule has 0 N–H and O–H groups in total. The van der Waals surface area contributed by atoms with Crippen molar-refractivity contribution in [3.8, 4) is 0 Å². The van der Waals surface area contributed by atoms with E-state index >= 15 is 0 Å². The van der Waals surface area contributed by atoms with Crippen molar-refractivity contribution >= 4 is 11.5 Å². The lowest BCUT2D eigenvalue weighted by Crippen LogP contribution is -2.39. The van der Waals surface area contributed by atoms with E-state index in [2.05, 4.69) is 55.1 Å². The summed E-state index contributed by atoms with van der Waals surface area (Å²) in [4.78, 5) is 15.1. The molecule has 4 rings (SSSR count). The minimum Gasteiger partial charge on any atom is -0.384 e. The number of anilines is 1. The normalized spacial score (nSPS) is 24.5. The molecule has 0 unspecified atom stereocenters. The average molecular weight is 335 g/mol. The minimum atomic E-state index is -0.0363. The molecule has 3 heteroatoms. The van der Waals surface area contributed by atoms with Crippen molar-refractivity contribution in [1.82, 2.24) is 0 Å². The first-order valence-corrected chi connectivity index (χ1v) is 9.03. The van der Waals surface area contributed by atoms with Crippen LogP contribution in [0.2, 0.25) is 0 Å². The van der Waals surface area contributed by atoms with Gasteiger partial charge in [-0.15, -0.1) is 0 Å². The van der Waals surface area contributed by atoms with Crippen LogP contribution in [0.25, 0.3) is 0 Å². The molecule has 0 saturated heterocycles. The summed E-state index contributed by atoms with van der Waals surface area (Å²) < 4.78 is 5.41. The number of benzene rings is 2. The number of fused-ring (bicyclic) bond motifs is 3. The van der Waals surface area contributed by atoms with Crippen LogP contribution in [0.1, 0.15) is 34.6 Å². The molecule has 1 fully saturated rings. The van der Waals surface area contributed by atoms with E-state index < -0.39 is 0 Å². The predicted molar refractivity (Wildman–Crippen MR) is 100 cm³/mol. The SMILES string of the molecule is COC[C@H]1C(=O)C[C@@H]2c3c(C)cc(C)cc3N(Cc3ccccc3)[C@@H]21. The number of carbonyl (C=O) groups excluding carboxylic acids is 1. The lowest BCUT2D eigenvalue weighted by atomic mass is 9.91. The number of Topliss-reactive ketones (excluding diaryl/α,β-unsaturated/α-hetero) is 1. The summed E-state index contributed by atoms with van der Waals surface area (Å²) in [5, 5.41) is 0. The number of hydrogen-bond donors (Lipinski definition) is 0. The lowest BCUT2D eigenvalue weighted by molar-refractivity contribution is -0.122. The fourth-order valence-corrected chi connectivity index (χ4v) is 4.85. The largest absolute Gasteiger partial charge is 0.384 e. The summed E-state index contributed by atoms with van der Waals surface area (Å²) in [6, 6.07) is 15.3. The average Bonchev–Trinajstić information content (AvgIpc) is 3.04. The second kappa shape index (κ2) is 6.30. The summed E-state index contributed by atoms with van der Waals surface area (Å²) in [5.74, 6) is 0.610. The number of ketones is 1. The van der Waals surface area contributed by atoms with E-state index in [1.54, 1.807) is 7.11 Å². The Morgan fingerprint density at radius 3 is 2.64 bits per heavy atom. The van der Waals surface area contributed by atoms with Crippen LogP contribution in [-0.4, -0.2) is 25.5 Å². The highest BCUT2D eigenvalue weighted by Gasteiger charge is 2.51. The zero-order valence-corrected chi connectivity index (χ0v) is 15.2. The van der Waals surface area contributed by atoms with E-state index in [0.29, 0.717) is 24.7 Å². The van der Waals surface area contributed by atoms with Gasteiger partial charge in [-0.25, -0.2) is 0 Å². The molecule has 1 saturated carbocycles. The molecule has 0 radical (unpaired) electrons. The van der Waals surface area contributed by atoms with Crippen LogP contribution < -0.4 is 4.90 Å². The van der Waals surface area contributed by atoms with Crippen molar-refractivity contribution in [2.24, 2.45) is 5.92 Å². The molecule has 3 nitrogen and oxygen atoms in total. The van der Waals surface area contributed by atoms with Crippen LogP contribution in [0.3, 0.4) is 0 Å². The van der Waals surface area contributed by atoms with Gasteiger partial charge in [-0.2, -0.15) is 0 Å².